The van der Waals surface area contributed by atoms with E-state index >= 15 is 0 Å². The fourth-order valence-corrected chi connectivity index (χ4v) is 12.3. The molecule has 17 rings (SSSR count). The highest BCUT2D eigenvalue weighted by Crippen LogP contribution is 2.54. The number of rotatable bonds is 6. The molecule has 12 aromatic carbocycles. The number of hydrogen-bond donors (Lipinski definition) is 0. The first-order chi connectivity index (χ1) is 51.7. The van der Waals surface area contributed by atoms with Crippen LogP contribution in [0.15, 0.2) is 246 Å². The number of fused-ring (bicyclic) bond motifs is 16. The van der Waals surface area contributed by atoms with Gasteiger partial charge in [0.1, 0.15) is 17.2 Å². The second-order valence-electron chi connectivity index (χ2n) is 20.0. The van der Waals surface area contributed by atoms with Crippen molar-refractivity contribution in [2.45, 2.75) is 13.8 Å². The maximum atomic E-state index is 13.4. The third-order valence-electron chi connectivity index (χ3n) is 15.6. The van der Waals surface area contributed by atoms with Gasteiger partial charge in [0.25, 0.3) is 0 Å². The molecule has 7 nitrogen and oxygen atoms in total. The molecule has 0 fully saturated rings. The molecule has 5 aromatic heterocycles. The molecule has 0 aliphatic carbocycles. The average molecular weight is 1090 g/mol. The van der Waals surface area contributed by atoms with Crippen molar-refractivity contribution in [2.75, 3.05) is 0 Å². The van der Waals surface area contributed by atoms with E-state index in [1.165, 1.54) is 28.8 Å². The maximum Gasteiger partial charge on any atom is 0.238 e. The first-order valence-corrected chi connectivity index (χ1v) is 25.9. The van der Waals surface area contributed by atoms with Crippen molar-refractivity contribution < 1.29 is 40.1 Å². The molecule has 0 unspecified atom stereocenters. The molecule has 0 N–H and O–H groups in total. The maximum absolute atomic E-state index is 13.4. The normalized spacial score (nSPS) is 16.3. The summed E-state index contributed by atoms with van der Waals surface area (Å²) in [7, 11) is 0. The van der Waals surface area contributed by atoms with Crippen LogP contribution in [0.4, 0.5) is 5.69 Å². The number of para-hydroxylation sites is 5. The minimum absolute atomic E-state index is 0.0283. The second kappa shape index (κ2) is 17.6. The highest BCUT2D eigenvalue weighted by atomic mass is 16.3. The number of benzene rings is 12. The Labute approximate surface area is 512 Å². The summed E-state index contributed by atoms with van der Waals surface area (Å²) in [5.41, 5.74) is -5.30. The van der Waals surface area contributed by atoms with E-state index in [1.54, 1.807) is 53.1 Å². The molecule has 0 radical (unpaired) electrons. The Kier molecular flexibility index (Phi) is 5.85. The first-order valence-electron chi connectivity index (χ1n) is 38.9. The van der Waals surface area contributed by atoms with Gasteiger partial charge in [-0.3, -0.25) is 0 Å². The summed E-state index contributed by atoms with van der Waals surface area (Å²) in [6, 6.07) is 4.05. The van der Waals surface area contributed by atoms with Crippen molar-refractivity contribution in [2.24, 2.45) is 0 Å². The summed E-state index contributed by atoms with van der Waals surface area (Å²) in [6.07, 6.45) is 0. The van der Waals surface area contributed by atoms with Gasteiger partial charge < -0.3 is 22.7 Å². The van der Waals surface area contributed by atoms with E-state index in [0.29, 0.717) is 10.8 Å². The predicted molar refractivity (Wildman–Crippen MR) is 342 cm³/mol. The molecule has 0 amide bonds. The number of furan rings is 1. The topological polar surface area (TPSA) is 61.0 Å². The van der Waals surface area contributed by atoms with Crippen LogP contribution >= 0.6 is 0 Å². The van der Waals surface area contributed by atoms with Crippen LogP contribution in [0.2, 0.25) is 0 Å². The summed E-state index contributed by atoms with van der Waals surface area (Å²) < 4.78 is 257. The summed E-state index contributed by atoms with van der Waals surface area (Å²) in [5.74, 6) is 0. The molecule has 0 aliphatic rings. The lowest BCUT2D eigenvalue weighted by molar-refractivity contribution is 0.671. The Balaban J connectivity index is 1.27. The second-order valence-corrected chi connectivity index (χ2v) is 20.0. The molecule has 0 saturated heterocycles. The minimum Gasteiger partial charge on any atom is -0.454 e. The molecule has 0 aliphatic heterocycles. The van der Waals surface area contributed by atoms with Crippen LogP contribution in [0, 0.1) is 31.8 Å². The molecule has 17 aromatic rings. The Morgan fingerprint density at radius 3 is 1.43 bits per heavy atom. The molecule has 0 spiro atoms. The third-order valence-corrected chi connectivity index (χ3v) is 15.6. The van der Waals surface area contributed by atoms with Crippen LogP contribution in [0.5, 0.6) is 0 Å². The van der Waals surface area contributed by atoms with Crippen LogP contribution in [-0.2, 0) is 0 Å². The van der Waals surface area contributed by atoms with Gasteiger partial charge in [0.05, 0.1) is 109 Å². The summed E-state index contributed by atoms with van der Waals surface area (Å²) in [6.45, 7) is 13.8. The lowest BCUT2D eigenvalue weighted by Crippen LogP contribution is -2.14. The predicted octanol–water partition coefficient (Wildman–Crippen LogP) is 20.3. The van der Waals surface area contributed by atoms with Gasteiger partial charge in [0.2, 0.25) is 5.69 Å². The fourth-order valence-electron chi connectivity index (χ4n) is 12.3. The molecule has 0 bridgehead atoms. The summed E-state index contributed by atoms with van der Waals surface area (Å²) >= 11 is 0. The third kappa shape index (κ3) is 6.47. The van der Waals surface area contributed by atoms with Gasteiger partial charge in [-0.1, -0.05) is 180 Å². The molecule has 7 heteroatoms. The van der Waals surface area contributed by atoms with Gasteiger partial charge in [-0.15, -0.1) is 0 Å². The van der Waals surface area contributed by atoms with E-state index in [-0.39, 0.29) is 77.0 Å². The van der Waals surface area contributed by atoms with E-state index in [2.05, 4.69) is 10.9 Å². The SMILES string of the molecule is [2H]c1c([2H])c([2H])c(-c2ccc3c(c2)c2cc(-c4c([2H])c([2H])c([2H])c([2H])c4[2H])c4c5ccccc5oc4c2n3-c2c(C#N)c(-n3c4c([2H])c([2H])c([2H])c([2H])c4c4c([2H])c([2H])c([2H])c([2H])c43)c(-n3c4ccc(C)cc4c4cc(C)ccc43)c([N+]#[C-])c2-n2c3c([2H])c([2H])c([2H])c([2H])c3c3c([2H])c([2H])c([2H])c([2H])c32)c([2H])c1[2H]. The van der Waals surface area contributed by atoms with Gasteiger partial charge in [-0.2, -0.15) is 5.26 Å². The van der Waals surface area contributed by atoms with E-state index in [9.17, 15) is 39.2 Å². The minimum atomic E-state index is -0.914. The van der Waals surface area contributed by atoms with E-state index < -0.39 is 235 Å². The summed E-state index contributed by atoms with van der Waals surface area (Å²) in [4.78, 5) is 4.48. The van der Waals surface area contributed by atoms with Gasteiger partial charge in [0.15, 0.2) is 5.58 Å². The lowest BCUT2D eigenvalue weighted by atomic mass is 9.96. The van der Waals surface area contributed by atoms with Crippen molar-refractivity contribution in [1.82, 2.24) is 18.3 Å². The van der Waals surface area contributed by atoms with Crippen LogP contribution < -0.4 is 0 Å². The quantitative estimate of drug-likeness (QED) is 0.156. The molecular weight excluding hydrogens is 1010 g/mol. The van der Waals surface area contributed by atoms with Crippen molar-refractivity contribution in [3.8, 4) is 51.1 Å². The Hall–Kier alpha value is -11.4. The zero-order valence-corrected chi connectivity index (χ0v) is 43.2. The van der Waals surface area contributed by atoms with Crippen LogP contribution in [-0.4, -0.2) is 18.3 Å². The van der Waals surface area contributed by atoms with Gasteiger partial charge in [-0.05, 0) is 109 Å². The van der Waals surface area contributed by atoms with Crippen molar-refractivity contribution in [1.29, 1.82) is 5.26 Å². The molecule has 386 valence electrons. The number of hydrogen-bond acceptors (Lipinski definition) is 2. The largest absolute Gasteiger partial charge is 0.454 e. The molecule has 5 heterocycles. The van der Waals surface area contributed by atoms with Crippen LogP contribution in [0.1, 0.15) is 52.3 Å². The first kappa shape index (κ1) is 27.7. The highest BCUT2D eigenvalue weighted by molar-refractivity contribution is 6.27. The highest BCUT2D eigenvalue weighted by Gasteiger charge is 2.36. The number of aromatic nitrogens is 4. The van der Waals surface area contributed by atoms with E-state index in [1.807, 2.05) is 26.0 Å². The average Bonchev–Trinajstić information content (AvgIpc) is 1.52. The molecule has 83 heavy (non-hydrogen) atoms. The Morgan fingerprint density at radius 1 is 0.422 bits per heavy atom. The Bertz CT molecular complexity index is 7100. The van der Waals surface area contributed by atoms with Crippen LogP contribution in [0.25, 0.3) is 159 Å². The van der Waals surface area contributed by atoms with Crippen molar-refractivity contribution >= 4 is 115 Å². The number of nitrogens with zero attached hydrogens (tertiary/aromatic N) is 6. The molecular formula is C76H46N6O. The van der Waals surface area contributed by atoms with Gasteiger partial charge >= 0.3 is 0 Å². The van der Waals surface area contributed by atoms with Gasteiger partial charge in [-0.25, -0.2) is 4.85 Å². The van der Waals surface area contributed by atoms with E-state index in [0.717, 1.165) is 20.3 Å². The molecule has 0 atom stereocenters. The summed E-state index contributed by atoms with van der Waals surface area (Å²) in [5, 5.41) is 12.6. The zero-order chi connectivity index (χ0) is 77.8. The van der Waals surface area contributed by atoms with E-state index in [4.69, 9.17) is 12.6 Å². The fraction of sp³-hybridized carbons (Fsp3) is 0.0263. The standard InChI is InChI=1S/C76H46N6O/c1-45-34-37-65-56(40-45)57-41-46(2)35-38-66(57)81(65)74-70(78-3)75(80-63-31-17-12-26-52(63)53-27-13-18-32-64(53)80)72(60(44-77)71(74)79-61-29-15-10-24-50(61)51-25-11-16-30-62(51)79)82-67-39-36-49(47-20-6-4-7-21-47)42-58(67)59-43-55(48-22-8-5-9-23-48)69-54-28-14-19-33-68(54)83-76(69)73(59)82/h4-43H,1-2H3/i4D,5D,6D,7D,8D,9D,10D,11D,12D,13D,15D,16D,17D,18D,20D,21D,22D,23D,24D,25D,26D,27D,29D,30D,31D,32D. The number of nitriles is 1. The lowest BCUT2D eigenvalue weighted by Gasteiger charge is -2.27. The zero-order valence-electron chi connectivity index (χ0n) is 69.2. The number of aryl methyl sites for hydroxylation is 2. The van der Waals surface area contributed by atoms with Crippen molar-refractivity contribution in [3.05, 3.63) is 270 Å². The Morgan fingerprint density at radius 2 is 0.880 bits per heavy atom. The monoisotopic (exact) mass is 1080 g/mol. The van der Waals surface area contributed by atoms with Crippen molar-refractivity contribution in [3.63, 3.8) is 0 Å². The molecule has 0 saturated carbocycles. The smallest absolute Gasteiger partial charge is 0.238 e. The van der Waals surface area contributed by atoms with Gasteiger partial charge in [0, 0.05) is 53.9 Å². The van der Waals surface area contributed by atoms with Crippen LogP contribution in [0.3, 0.4) is 0 Å².